The zero-order valence-electron chi connectivity index (χ0n) is 17.2. The van der Waals surface area contributed by atoms with E-state index < -0.39 is 21.6 Å². The normalized spacial score (nSPS) is 14.0. The fourth-order valence-corrected chi connectivity index (χ4v) is 4.95. The summed E-state index contributed by atoms with van der Waals surface area (Å²) in [5.74, 6) is 0.816. The number of hydrogen-bond donors (Lipinski definition) is 0. The Morgan fingerprint density at radius 3 is 2.41 bits per heavy atom. The van der Waals surface area contributed by atoms with Crippen LogP contribution in [0.3, 0.4) is 0 Å². The van der Waals surface area contributed by atoms with Crippen molar-refractivity contribution in [3.8, 4) is 11.5 Å². The lowest BCUT2D eigenvalue weighted by Crippen LogP contribution is -2.03. The van der Waals surface area contributed by atoms with Crippen LogP contribution in [-0.4, -0.2) is 49.9 Å². The van der Waals surface area contributed by atoms with E-state index in [1.54, 1.807) is 12.3 Å². The Labute approximate surface area is 173 Å². The van der Waals surface area contributed by atoms with Crippen LogP contribution in [0.1, 0.15) is 29.3 Å². The molecule has 0 aliphatic rings. The molecule has 0 saturated heterocycles. The van der Waals surface area contributed by atoms with Crippen molar-refractivity contribution in [1.29, 1.82) is 0 Å². The number of hydrogen-bond acceptors (Lipinski definition) is 6. The highest BCUT2D eigenvalue weighted by Gasteiger charge is 2.26. The number of rotatable bonds is 4. The van der Waals surface area contributed by atoms with Crippen molar-refractivity contribution in [2.45, 2.75) is 44.4 Å². The van der Waals surface area contributed by atoms with Crippen LogP contribution in [0.5, 0.6) is 0 Å². The number of pyridine rings is 1. The molecule has 0 aliphatic heterocycles. The molecule has 8 nitrogen and oxygen atoms in total. The van der Waals surface area contributed by atoms with Gasteiger partial charge in [-0.15, -0.1) is 9.73 Å². The number of fused-ring (bicyclic) bond motifs is 2. The molecule has 0 fully saturated rings. The Kier molecular flexibility index (Phi) is 4.86. The van der Waals surface area contributed by atoms with Gasteiger partial charge >= 0.3 is 0 Å². The fraction of sp³-hybridized carbons (Fsp3) is 0.368. The largest absolute Gasteiger partial charge is 0.255 e. The molecule has 4 heterocycles. The summed E-state index contributed by atoms with van der Waals surface area (Å²) in [5, 5.41) is 13.4. The quantitative estimate of drug-likeness (QED) is 0.494. The molecule has 0 spiro atoms. The molecule has 0 aliphatic carbocycles. The zero-order valence-corrected chi connectivity index (χ0v) is 18.8. The predicted molar refractivity (Wildman–Crippen MR) is 113 cm³/mol. The second-order valence-electron chi connectivity index (χ2n) is 6.96. The van der Waals surface area contributed by atoms with Crippen LogP contribution in [0.25, 0.3) is 22.7 Å². The van der Waals surface area contributed by atoms with Crippen molar-refractivity contribution in [3.05, 3.63) is 34.6 Å². The van der Waals surface area contributed by atoms with E-state index in [-0.39, 0.29) is 0 Å². The molecule has 10 heteroatoms. The van der Waals surface area contributed by atoms with E-state index in [1.165, 1.54) is 10.8 Å². The first-order chi connectivity index (χ1) is 13.7. The van der Waals surface area contributed by atoms with E-state index in [0.29, 0.717) is 32.7 Å². The maximum Gasteiger partial charge on any atom is 0.205 e. The highest BCUT2D eigenvalue weighted by Crippen LogP contribution is 2.33. The monoisotopic (exact) mass is 430 g/mol. The average Bonchev–Trinajstić information content (AvgIpc) is 3.30. The van der Waals surface area contributed by atoms with Crippen molar-refractivity contribution in [1.82, 2.24) is 29.4 Å². The summed E-state index contributed by atoms with van der Waals surface area (Å²) in [6, 6.07) is 1.69. The van der Waals surface area contributed by atoms with Crippen LogP contribution in [0, 0.1) is 27.7 Å². The topological polar surface area (TPSA) is 94.5 Å². The molecule has 2 atom stereocenters. The molecule has 0 bridgehead atoms. The van der Waals surface area contributed by atoms with Crippen LogP contribution in [-0.2, 0) is 21.6 Å². The summed E-state index contributed by atoms with van der Waals surface area (Å²) < 4.78 is 28.0. The molecule has 0 saturated carbocycles. The summed E-state index contributed by atoms with van der Waals surface area (Å²) >= 11 is 0. The molecule has 4 aromatic rings. The molecule has 4 rings (SSSR count). The van der Waals surface area contributed by atoms with Gasteiger partial charge in [0.15, 0.2) is 5.65 Å². The van der Waals surface area contributed by atoms with Gasteiger partial charge in [0, 0.05) is 23.8 Å². The second kappa shape index (κ2) is 7.10. The highest BCUT2D eigenvalue weighted by molar-refractivity contribution is 7.85. The zero-order chi connectivity index (χ0) is 21.0. The average molecular weight is 431 g/mol. The van der Waals surface area contributed by atoms with Gasteiger partial charge in [-0.05, 0) is 44.4 Å². The Balaban J connectivity index is 2.07. The number of nitrogens with zero attached hydrogens (tertiary/aromatic N) is 6. The molecular weight excluding hydrogens is 408 g/mol. The van der Waals surface area contributed by atoms with Crippen molar-refractivity contribution in [2.75, 3.05) is 12.0 Å². The first-order valence-corrected chi connectivity index (χ1v) is 12.1. The third-order valence-electron chi connectivity index (χ3n) is 5.40. The standard InChI is InChI=1S/C19H22N6O2S2/c1-7-29(27)18-16(22-24-13(5)11(3)10(2)12(4)17(18)24)19-21-15-8-14(28(6)26)9-20-25(15)23-19/h8-9H,7H2,1-6H3. The third-order valence-corrected chi connectivity index (χ3v) is 7.65. The molecule has 0 N–H and O–H groups in total. The van der Waals surface area contributed by atoms with Crippen molar-refractivity contribution < 1.29 is 8.42 Å². The lowest BCUT2D eigenvalue weighted by atomic mass is 10.0. The van der Waals surface area contributed by atoms with Crippen LogP contribution in [0.15, 0.2) is 22.1 Å². The van der Waals surface area contributed by atoms with Crippen molar-refractivity contribution in [3.63, 3.8) is 0 Å². The van der Waals surface area contributed by atoms with Crippen molar-refractivity contribution >= 4 is 32.8 Å². The van der Waals surface area contributed by atoms with Gasteiger partial charge in [-0.3, -0.25) is 8.42 Å². The van der Waals surface area contributed by atoms with Gasteiger partial charge in [0.1, 0.15) is 5.69 Å². The minimum atomic E-state index is -1.25. The third kappa shape index (κ3) is 3.01. The molecule has 29 heavy (non-hydrogen) atoms. The van der Waals surface area contributed by atoms with Gasteiger partial charge in [-0.2, -0.15) is 10.2 Å². The predicted octanol–water partition coefficient (Wildman–Crippen LogP) is 2.54. The first-order valence-electron chi connectivity index (χ1n) is 9.19. The van der Waals surface area contributed by atoms with E-state index in [1.807, 2.05) is 25.3 Å². The minimum Gasteiger partial charge on any atom is -0.255 e. The SMILES string of the molecule is CCS(=O)c1c(-c2nc3cc(S(C)=O)cnn3n2)nn2c(C)c(C)c(C)c(C)c12. The summed E-state index contributed by atoms with van der Waals surface area (Å²) in [7, 11) is -2.42. The molecule has 2 unspecified atom stereocenters. The lowest BCUT2D eigenvalue weighted by Gasteiger charge is -2.12. The number of aryl methyl sites for hydroxylation is 2. The Morgan fingerprint density at radius 1 is 1.03 bits per heavy atom. The maximum atomic E-state index is 13.0. The smallest absolute Gasteiger partial charge is 0.205 e. The van der Waals surface area contributed by atoms with Crippen LogP contribution in [0.4, 0.5) is 0 Å². The second-order valence-corrected chi connectivity index (χ2v) is 10.0. The summed E-state index contributed by atoms with van der Waals surface area (Å²) in [6.45, 7) is 10.1. The van der Waals surface area contributed by atoms with E-state index in [2.05, 4.69) is 29.0 Å². The summed E-state index contributed by atoms with van der Waals surface area (Å²) in [6.07, 6.45) is 3.10. The molecule has 152 valence electrons. The fourth-order valence-electron chi connectivity index (χ4n) is 3.40. The summed E-state index contributed by atoms with van der Waals surface area (Å²) in [4.78, 5) is 5.76. The summed E-state index contributed by atoms with van der Waals surface area (Å²) in [5.41, 5.74) is 6.17. The molecular formula is C19H22N6O2S2. The van der Waals surface area contributed by atoms with Crippen LogP contribution < -0.4 is 0 Å². The van der Waals surface area contributed by atoms with Gasteiger partial charge in [0.05, 0.1) is 43.1 Å². The van der Waals surface area contributed by atoms with Gasteiger partial charge in [-0.1, -0.05) is 6.92 Å². The van der Waals surface area contributed by atoms with Gasteiger partial charge in [0.2, 0.25) is 5.82 Å². The van der Waals surface area contributed by atoms with Gasteiger partial charge in [-0.25, -0.2) is 9.50 Å². The molecule has 0 amide bonds. The number of aromatic nitrogens is 6. The van der Waals surface area contributed by atoms with Crippen LogP contribution >= 0.6 is 0 Å². The molecule has 4 aromatic heterocycles. The van der Waals surface area contributed by atoms with E-state index >= 15 is 0 Å². The van der Waals surface area contributed by atoms with E-state index in [9.17, 15) is 8.42 Å². The van der Waals surface area contributed by atoms with E-state index in [4.69, 9.17) is 5.10 Å². The Hall–Kier alpha value is -2.46. The Morgan fingerprint density at radius 2 is 1.76 bits per heavy atom. The minimum absolute atomic E-state index is 0.353. The first kappa shape index (κ1) is 19.8. The van der Waals surface area contributed by atoms with Gasteiger partial charge in [0.25, 0.3) is 0 Å². The Bertz CT molecular complexity index is 1340. The van der Waals surface area contributed by atoms with Crippen molar-refractivity contribution in [2.24, 2.45) is 0 Å². The lowest BCUT2D eigenvalue weighted by molar-refractivity contribution is 0.683. The van der Waals surface area contributed by atoms with Crippen LogP contribution in [0.2, 0.25) is 0 Å². The van der Waals surface area contributed by atoms with E-state index in [0.717, 1.165) is 27.9 Å². The highest BCUT2D eigenvalue weighted by atomic mass is 32.2. The molecule has 0 aromatic carbocycles. The molecule has 0 radical (unpaired) electrons. The maximum absolute atomic E-state index is 13.0. The van der Waals surface area contributed by atoms with Gasteiger partial charge < -0.3 is 0 Å².